The molecule has 20 heavy (non-hydrogen) atoms. The van der Waals surface area contributed by atoms with Crippen LogP contribution in [-0.2, 0) is 13.1 Å². The predicted octanol–water partition coefficient (Wildman–Crippen LogP) is 4.04. The van der Waals surface area contributed by atoms with Gasteiger partial charge in [-0.15, -0.1) is 0 Å². The van der Waals surface area contributed by atoms with Crippen LogP contribution in [0.2, 0.25) is 0 Å². The zero-order valence-electron chi connectivity index (χ0n) is 12.6. The van der Waals surface area contributed by atoms with Crippen molar-refractivity contribution in [2.24, 2.45) is 0 Å². The Morgan fingerprint density at radius 1 is 1.15 bits per heavy atom. The molecular formula is C17H24N2O. The third-order valence-corrected chi connectivity index (χ3v) is 3.65. The minimum absolute atomic E-state index is 0.730. The van der Waals surface area contributed by atoms with Crippen LogP contribution in [0.4, 0.5) is 5.69 Å². The second-order valence-electron chi connectivity index (χ2n) is 5.04. The molecule has 108 valence electrons. The fraction of sp³-hybridized carbons (Fsp3) is 0.412. The van der Waals surface area contributed by atoms with E-state index in [1.807, 2.05) is 6.07 Å². The molecule has 0 atom stereocenters. The van der Waals surface area contributed by atoms with Gasteiger partial charge in [0.1, 0.15) is 5.76 Å². The van der Waals surface area contributed by atoms with Crippen LogP contribution in [0.3, 0.4) is 0 Å². The van der Waals surface area contributed by atoms with Crippen molar-refractivity contribution in [1.29, 1.82) is 0 Å². The maximum Gasteiger partial charge on any atom is 0.125 e. The van der Waals surface area contributed by atoms with Crippen molar-refractivity contribution in [3.8, 4) is 0 Å². The van der Waals surface area contributed by atoms with Crippen molar-refractivity contribution < 1.29 is 4.42 Å². The maximum absolute atomic E-state index is 5.44. The van der Waals surface area contributed by atoms with Gasteiger partial charge in [-0.3, -0.25) is 4.90 Å². The first-order chi connectivity index (χ1) is 9.72. The SMILES string of the molecule is CCN(CC)Cc1cccc(NCc2occc2C)c1. The number of rotatable bonds is 7. The van der Waals surface area contributed by atoms with E-state index in [1.165, 1.54) is 11.1 Å². The summed E-state index contributed by atoms with van der Waals surface area (Å²) in [4.78, 5) is 2.41. The van der Waals surface area contributed by atoms with Crippen LogP contribution in [0.1, 0.15) is 30.7 Å². The Labute approximate surface area is 121 Å². The van der Waals surface area contributed by atoms with Gasteiger partial charge in [0, 0.05) is 12.2 Å². The molecule has 0 radical (unpaired) electrons. The smallest absolute Gasteiger partial charge is 0.125 e. The molecule has 3 heteroatoms. The minimum Gasteiger partial charge on any atom is -0.467 e. The van der Waals surface area contributed by atoms with E-state index in [0.29, 0.717) is 0 Å². The number of benzene rings is 1. The third kappa shape index (κ3) is 3.87. The Bertz CT molecular complexity index is 529. The molecule has 1 aromatic carbocycles. The number of furan rings is 1. The summed E-state index contributed by atoms with van der Waals surface area (Å²) in [6.45, 7) is 10.4. The molecule has 1 heterocycles. The van der Waals surface area contributed by atoms with Gasteiger partial charge in [0.15, 0.2) is 0 Å². The van der Waals surface area contributed by atoms with Crippen LogP contribution in [0.5, 0.6) is 0 Å². The molecule has 1 N–H and O–H groups in total. The Morgan fingerprint density at radius 3 is 2.60 bits per heavy atom. The quantitative estimate of drug-likeness (QED) is 0.824. The summed E-state index contributed by atoms with van der Waals surface area (Å²) in [6, 6.07) is 10.6. The lowest BCUT2D eigenvalue weighted by molar-refractivity contribution is 0.296. The zero-order chi connectivity index (χ0) is 14.4. The van der Waals surface area contributed by atoms with Crippen LogP contribution >= 0.6 is 0 Å². The molecule has 0 aliphatic heterocycles. The molecule has 0 saturated heterocycles. The van der Waals surface area contributed by atoms with Crippen LogP contribution in [-0.4, -0.2) is 18.0 Å². The van der Waals surface area contributed by atoms with Crippen molar-refractivity contribution in [2.45, 2.75) is 33.9 Å². The molecule has 1 aromatic heterocycles. The largest absolute Gasteiger partial charge is 0.467 e. The first-order valence-electron chi connectivity index (χ1n) is 7.31. The fourth-order valence-corrected chi connectivity index (χ4v) is 2.25. The van der Waals surface area contributed by atoms with E-state index in [0.717, 1.165) is 37.6 Å². The minimum atomic E-state index is 0.730. The molecule has 0 saturated carbocycles. The highest BCUT2D eigenvalue weighted by Crippen LogP contribution is 2.15. The van der Waals surface area contributed by atoms with Crippen LogP contribution < -0.4 is 5.32 Å². The van der Waals surface area contributed by atoms with Crippen molar-refractivity contribution >= 4 is 5.69 Å². The molecule has 0 aliphatic rings. The van der Waals surface area contributed by atoms with Crippen LogP contribution in [0.25, 0.3) is 0 Å². The maximum atomic E-state index is 5.44. The normalized spacial score (nSPS) is 11.0. The lowest BCUT2D eigenvalue weighted by Crippen LogP contribution is -2.22. The Balaban J connectivity index is 1.97. The molecule has 0 unspecified atom stereocenters. The summed E-state index contributed by atoms with van der Waals surface area (Å²) in [5.74, 6) is 0.999. The monoisotopic (exact) mass is 272 g/mol. The summed E-state index contributed by atoms with van der Waals surface area (Å²) < 4.78 is 5.44. The lowest BCUT2D eigenvalue weighted by atomic mass is 10.2. The van der Waals surface area contributed by atoms with Gasteiger partial charge in [0.2, 0.25) is 0 Å². The molecule has 2 rings (SSSR count). The van der Waals surface area contributed by atoms with E-state index in [-0.39, 0.29) is 0 Å². The van der Waals surface area contributed by atoms with Crippen LogP contribution in [0, 0.1) is 6.92 Å². The molecule has 0 aliphatic carbocycles. The van der Waals surface area contributed by atoms with E-state index < -0.39 is 0 Å². The van der Waals surface area contributed by atoms with Gasteiger partial charge in [-0.2, -0.15) is 0 Å². The van der Waals surface area contributed by atoms with Gasteiger partial charge < -0.3 is 9.73 Å². The number of hydrogen-bond donors (Lipinski definition) is 1. The molecular weight excluding hydrogens is 248 g/mol. The Hall–Kier alpha value is -1.74. The number of aryl methyl sites for hydroxylation is 1. The van der Waals surface area contributed by atoms with E-state index in [9.17, 15) is 0 Å². The van der Waals surface area contributed by atoms with E-state index >= 15 is 0 Å². The average molecular weight is 272 g/mol. The summed E-state index contributed by atoms with van der Waals surface area (Å²) >= 11 is 0. The molecule has 2 aromatic rings. The van der Waals surface area contributed by atoms with E-state index in [1.54, 1.807) is 6.26 Å². The number of hydrogen-bond acceptors (Lipinski definition) is 3. The highest BCUT2D eigenvalue weighted by molar-refractivity contribution is 5.46. The zero-order valence-corrected chi connectivity index (χ0v) is 12.6. The average Bonchev–Trinajstić information content (AvgIpc) is 2.88. The first-order valence-corrected chi connectivity index (χ1v) is 7.31. The van der Waals surface area contributed by atoms with Gasteiger partial charge in [-0.1, -0.05) is 26.0 Å². The van der Waals surface area contributed by atoms with Gasteiger partial charge in [0.25, 0.3) is 0 Å². The van der Waals surface area contributed by atoms with Gasteiger partial charge in [-0.25, -0.2) is 0 Å². The second-order valence-corrected chi connectivity index (χ2v) is 5.04. The summed E-state index contributed by atoms with van der Waals surface area (Å²) in [7, 11) is 0. The number of anilines is 1. The topological polar surface area (TPSA) is 28.4 Å². The van der Waals surface area contributed by atoms with E-state index in [2.05, 4.69) is 55.3 Å². The summed E-state index contributed by atoms with van der Waals surface area (Å²) in [6.07, 6.45) is 1.74. The van der Waals surface area contributed by atoms with Crippen LogP contribution in [0.15, 0.2) is 41.0 Å². The van der Waals surface area contributed by atoms with Crippen molar-refractivity contribution in [3.63, 3.8) is 0 Å². The third-order valence-electron chi connectivity index (χ3n) is 3.65. The summed E-state index contributed by atoms with van der Waals surface area (Å²) in [5.41, 5.74) is 3.68. The highest BCUT2D eigenvalue weighted by Gasteiger charge is 2.04. The van der Waals surface area contributed by atoms with Crippen molar-refractivity contribution in [2.75, 3.05) is 18.4 Å². The standard InChI is InChI=1S/C17H24N2O/c1-4-19(5-2)13-15-7-6-8-16(11-15)18-12-17-14(3)9-10-20-17/h6-11,18H,4-5,12-13H2,1-3H3. The Kier molecular flexibility index (Phi) is 5.24. The first kappa shape index (κ1) is 14.7. The number of nitrogens with zero attached hydrogens (tertiary/aromatic N) is 1. The summed E-state index contributed by atoms with van der Waals surface area (Å²) in [5, 5.41) is 3.43. The Morgan fingerprint density at radius 2 is 1.95 bits per heavy atom. The van der Waals surface area contributed by atoms with E-state index in [4.69, 9.17) is 4.42 Å². The molecule has 3 nitrogen and oxygen atoms in total. The fourth-order valence-electron chi connectivity index (χ4n) is 2.25. The van der Waals surface area contributed by atoms with Gasteiger partial charge in [0.05, 0.1) is 12.8 Å². The molecule has 0 fully saturated rings. The van der Waals surface area contributed by atoms with Gasteiger partial charge >= 0.3 is 0 Å². The number of nitrogens with one attached hydrogen (secondary N) is 1. The molecule has 0 amide bonds. The van der Waals surface area contributed by atoms with Gasteiger partial charge in [-0.05, 0) is 49.3 Å². The van der Waals surface area contributed by atoms with Crippen molar-refractivity contribution in [3.05, 3.63) is 53.5 Å². The lowest BCUT2D eigenvalue weighted by Gasteiger charge is -2.18. The predicted molar refractivity (Wildman–Crippen MR) is 83.8 cm³/mol. The highest BCUT2D eigenvalue weighted by atomic mass is 16.3. The molecule has 0 spiro atoms. The van der Waals surface area contributed by atoms with Crippen molar-refractivity contribution in [1.82, 2.24) is 4.90 Å². The molecule has 0 bridgehead atoms. The second kappa shape index (κ2) is 7.15.